The average Bonchev–Trinajstić information content (AvgIpc) is 2.77. The molecule has 3 aromatic rings. The molecular weight excluding hydrogens is 380 g/mol. The molecule has 1 aliphatic heterocycles. The summed E-state index contributed by atoms with van der Waals surface area (Å²) in [6.45, 7) is 3.93. The van der Waals surface area contributed by atoms with Gasteiger partial charge in [0.05, 0.1) is 42.0 Å². The van der Waals surface area contributed by atoms with E-state index in [9.17, 15) is 9.59 Å². The monoisotopic (exact) mass is 402 g/mol. The van der Waals surface area contributed by atoms with E-state index in [0.29, 0.717) is 33.8 Å². The molecule has 0 atom stereocenters. The van der Waals surface area contributed by atoms with Gasteiger partial charge in [0.2, 0.25) is 0 Å². The third kappa shape index (κ3) is 3.31. The Morgan fingerprint density at radius 2 is 1.73 bits per heavy atom. The fourth-order valence-corrected chi connectivity index (χ4v) is 3.62. The summed E-state index contributed by atoms with van der Waals surface area (Å²) >= 11 is 0. The predicted octanol–water partition coefficient (Wildman–Crippen LogP) is 5.16. The van der Waals surface area contributed by atoms with Crippen molar-refractivity contribution in [3.05, 3.63) is 82.9 Å². The standard InChI is InChI=1S/C24H22N2O4/c1-4-30-24(28)21-15(2)10-13-19-22(21)25-18-12-11-17(14-20(18)26(19)29-3)23(27)16-8-6-5-7-9-16/h5-14,25H,4H2,1-3H3. The van der Waals surface area contributed by atoms with E-state index in [0.717, 1.165) is 11.3 Å². The second kappa shape index (κ2) is 8.00. The van der Waals surface area contributed by atoms with E-state index < -0.39 is 5.97 Å². The summed E-state index contributed by atoms with van der Waals surface area (Å²) in [7, 11) is 1.55. The number of nitrogens with one attached hydrogen (secondary N) is 1. The summed E-state index contributed by atoms with van der Waals surface area (Å²) < 4.78 is 5.25. The maximum absolute atomic E-state index is 12.9. The number of hydrogen-bond acceptors (Lipinski definition) is 6. The van der Waals surface area contributed by atoms with Gasteiger partial charge >= 0.3 is 5.97 Å². The molecule has 0 saturated carbocycles. The number of ketones is 1. The Labute approximate surface area is 175 Å². The zero-order chi connectivity index (χ0) is 21.3. The molecule has 3 aromatic carbocycles. The second-order valence-corrected chi connectivity index (χ2v) is 6.90. The van der Waals surface area contributed by atoms with Gasteiger partial charge in [0.25, 0.3) is 0 Å². The Morgan fingerprint density at radius 1 is 0.967 bits per heavy atom. The number of benzene rings is 3. The molecule has 30 heavy (non-hydrogen) atoms. The van der Waals surface area contributed by atoms with Crippen LogP contribution in [0.5, 0.6) is 0 Å². The van der Waals surface area contributed by atoms with Crippen LogP contribution < -0.4 is 10.4 Å². The number of anilines is 4. The number of fused-ring (bicyclic) bond motifs is 2. The van der Waals surface area contributed by atoms with Crippen LogP contribution in [0.25, 0.3) is 0 Å². The summed E-state index contributed by atoms with van der Waals surface area (Å²) in [4.78, 5) is 31.1. The molecule has 4 rings (SSSR count). The first-order valence-corrected chi connectivity index (χ1v) is 9.71. The van der Waals surface area contributed by atoms with Gasteiger partial charge in [-0.05, 0) is 43.7 Å². The van der Waals surface area contributed by atoms with Gasteiger partial charge in [-0.3, -0.25) is 9.63 Å². The van der Waals surface area contributed by atoms with Crippen molar-refractivity contribution >= 4 is 34.5 Å². The third-order valence-electron chi connectivity index (χ3n) is 5.05. The molecule has 1 aliphatic rings. The molecule has 6 heteroatoms. The molecule has 6 nitrogen and oxygen atoms in total. The highest BCUT2D eigenvalue weighted by Gasteiger charge is 2.29. The Balaban J connectivity index is 1.79. The first kappa shape index (κ1) is 19.7. The maximum Gasteiger partial charge on any atom is 0.340 e. The molecule has 0 aliphatic carbocycles. The number of aryl methyl sites for hydroxylation is 1. The summed E-state index contributed by atoms with van der Waals surface area (Å²) in [5, 5.41) is 4.94. The topological polar surface area (TPSA) is 67.9 Å². The van der Waals surface area contributed by atoms with Crippen LogP contribution in [0.3, 0.4) is 0 Å². The highest BCUT2D eigenvalue weighted by molar-refractivity contribution is 6.11. The Kier molecular flexibility index (Phi) is 5.25. The molecule has 0 amide bonds. The summed E-state index contributed by atoms with van der Waals surface area (Å²) in [6, 6.07) is 18.2. The molecule has 0 fully saturated rings. The number of hydrogen-bond donors (Lipinski definition) is 1. The lowest BCUT2D eigenvalue weighted by atomic mass is 9.99. The van der Waals surface area contributed by atoms with Gasteiger partial charge in [-0.2, -0.15) is 0 Å². The minimum Gasteiger partial charge on any atom is -0.462 e. The zero-order valence-corrected chi connectivity index (χ0v) is 17.1. The molecule has 1 N–H and O–H groups in total. The number of ether oxygens (including phenoxy) is 1. The van der Waals surface area contributed by atoms with Crippen molar-refractivity contribution in [2.24, 2.45) is 0 Å². The summed E-state index contributed by atoms with van der Waals surface area (Å²) in [5.74, 6) is -0.467. The van der Waals surface area contributed by atoms with Crippen LogP contribution in [0.2, 0.25) is 0 Å². The lowest BCUT2D eigenvalue weighted by Crippen LogP contribution is -2.24. The van der Waals surface area contributed by atoms with E-state index in [1.165, 1.54) is 0 Å². The van der Waals surface area contributed by atoms with Crippen molar-refractivity contribution in [1.29, 1.82) is 0 Å². The summed E-state index contributed by atoms with van der Waals surface area (Å²) in [5.41, 5.74) is 5.13. The lowest BCUT2D eigenvalue weighted by Gasteiger charge is -2.33. The number of esters is 1. The Morgan fingerprint density at radius 3 is 2.43 bits per heavy atom. The van der Waals surface area contributed by atoms with Gasteiger partial charge in [-0.15, -0.1) is 0 Å². The van der Waals surface area contributed by atoms with Gasteiger partial charge in [0.15, 0.2) is 5.78 Å². The van der Waals surface area contributed by atoms with E-state index in [1.54, 1.807) is 43.4 Å². The van der Waals surface area contributed by atoms with Gasteiger partial charge in [-0.25, -0.2) is 9.86 Å². The minimum atomic E-state index is -0.394. The molecular formula is C24H22N2O4. The van der Waals surface area contributed by atoms with Crippen molar-refractivity contribution < 1.29 is 19.2 Å². The van der Waals surface area contributed by atoms with Crippen LogP contribution in [0, 0.1) is 6.92 Å². The lowest BCUT2D eigenvalue weighted by molar-refractivity contribution is 0.0526. The zero-order valence-electron chi connectivity index (χ0n) is 17.1. The van der Waals surface area contributed by atoms with Gasteiger partial charge in [0, 0.05) is 11.1 Å². The van der Waals surface area contributed by atoms with Crippen molar-refractivity contribution in [3.8, 4) is 0 Å². The highest BCUT2D eigenvalue weighted by atomic mass is 16.7. The number of nitrogens with zero attached hydrogens (tertiary/aromatic N) is 1. The van der Waals surface area contributed by atoms with Crippen LogP contribution in [0.15, 0.2) is 60.7 Å². The molecule has 0 aromatic heterocycles. The molecule has 0 unspecified atom stereocenters. The highest BCUT2D eigenvalue weighted by Crippen LogP contribution is 2.46. The molecule has 0 radical (unpaired) electrons. The van der Waals surface area contributed by atoms with Crippen LogP contribution >= 0.6 is 0 Å². The quantitative estimate of drug-likeness (QED) is 0.470. The van der Waals surface area contributed by atoms with E-state index in [1.807, 2.05) is 43.3 Å². The maximum atomic E-state index is 12.9. The van der Waals surface area contributed by atoms with Gasteiger partial charge < -0.3 is 10.1 Å². The van der Waals surface area contributed by atoms with Crippen molar-refractivity contribution in [3.63, 3.8) is 0 Å². The van der Waals surface area contributed by atoms with Crippen LogP contribution in [-0.4, -0.2) is 25.5 Å². The number of carbonyl (C=O) groups is 2. The van der Waals surface area contributed by atoms with Crippen LogP contribution in [-0.2, 0) is 9.57 Å². The Bertz CT molecular complexity index is 1130. The number of rotatable bonds is 5. The fraction of sp³-hybridized carbons (Fsp3) is 0.167. The largest absolute Gasteiger partial charge is 0.462 e. The minimum absolute atomic E-state index is 0.0728. The van der Waals surface area contributed by atoms with Gasteiger partial charge in [-0.1, -0.05) is 36.4 Å². The predicted molar refractivity (Wildman–Crippen MR) is 116 cm³/mol. The Hall–Kier alpha value is -3.64. The second-order valence-electron chi connectivity index (χ2n) is 6.90. The normalized spacial score (nSPS) is 11.9. The fourth-order valence-electron chi connectivity index (χ4n) is 3.62. The first-order valence-electron chi connectivity index (χ1n) is 9.71. The van der Waals surface area contributed by atoms with Gasteiger partial charge in [0.1, 0.15) is 0 Å². The van der Waals surface area contributed by atoms with Crippen molar-refractivity contribution in [2.75, 3.05) is 24.1 Å². The first-order chi connectivity index (χ1) is 14.5. The van der Waals surface area contributed by atoms with Crippen molar-refractivity contribution in [2.45, 2.75) is 13.8 Å². The van der Waals surface area contributed by atoms with E-state index in [4.69, 9.17) is 9.57 Å². The van der Waals surface area contributed by atoms with E-state index in [-0.39, 0.29) is 12.4 Å². The molecule has 152 valence electrons. The molecule has 0 bridgehead atoms. The van der Waals surface area contributed by atoms with E-state index >= 15 is 0 Å². The van der Waals surface area contributed by atoms with Crippen LogP contribution in [0.4, 0.5) is 22.7 Å². The molecule has 0 saturated heterocycles. The smallest absolute Gasteiger partial charge is 0.340 e. The molecule has 1 heterocycles. The third-order valence-corrected chi connectivity index (χ3v) is 5.05. The number of carbonyl (C=O) groups excluding carboxylic acids is 2. The summed E-state index contributed by atoms with van der Waals surface area (Å²) in [6.07, 6.45) is 0. The average molecular weight is 402 g/mol. The van der Waals surface area contributed by atoms with E-state index in [2.05, 4.69) is 5.32 Å². The SMILES string of the molecule is CCOC(=O)c1c(C)ccc2c1Nc1ccc(C(=O)c3ccccc3)cc1N2OC. The van der Waals surface area contributed by atoms with Crippen molar-refractivity contribution in [1.82, 2.24) is 0 Å². The molecule has 0 spiro atoms. The van der Waals surface area contributed by atoms with Crippen LogP contribution in [0.1, 0.15) is 38.8 Å².